The number of hydrogen-bond donors (Lipinski definition) is 3. The molecule has 0 fully saturated rings. The SMILES string of the molecule is Cc1cccc(NC(N)=NCC(O)c2ccccc2F)c1. The van der Waals surface area contributed by atoms with E-state index in [1.807, 2.05) is 31.2 Å². The third kappa shape index (κ3) is 4.29. The third-order valence-corrected chi connectivity index (χ3v) is 2.99. The van der Waals surface area contributed by atoms with Crippen LogP contribution in [0.25, 0.3) is 0 Å². The van der Waals surface area contributed by atoms with Crippen molar-refractivity contribution >= 4 is 11.6 Å². The maximum Gasteiger partial charge on any atom is 0.193 e. The highest BCUT2D eigenvalue weighted by atomic mass is 19.1. The summed E-state index contributed by atoms with van der Waals surface area (Å²) in [5, 5.41) is 12.9. The molecule has 0 spiro atoms. The number of nitrogens with two attached hydrogens (primary N) is 1. The quantitative estimate of drug-likeness (QED) is 0.598. The van der Waals surface area contributed by atoms with Gasteiger partial charge in [0.05, 0.1) is 6.54 Å². The van der Waals surface area contributed by atoms with E-state index in [9.17, 15) is 9.50 Å². The molecule has 1 atom stereocenters. The first-order valence-corrected chi connectivity index (χ1v) is 6.62. The van der Waals surface area contributed by atoms with Gasteiger partial charge in [-0.15, -0.1) is 0 Å². The van der Waals surface area contributed by atoms with Gasteiger partial charge in [0.1, 0.15) is 11.9 Å². The van der Waals surface area contributed by atoms with E-state index in [0.29, 0.717) is 0 Å². The molecule has 0 aliphatic heterocycles. The molecule has 110 valence electrons. The van der Waals surface area contributed by atoms with Crippen LogP contribution in [0.3, 0.4) is 0 Å². The monoisotopic (exact) mass is 287 g/mol. The summed E-state index contributed by atoms with van der Waals surface area (Å²) < 4.78 is 13.5. The van der Waals surface area contributed by atoms with Gasteiger partial charge in [-0.2, -0.15) is 0 Å². The summed E-state index contributed by atoms with van der Waals surface area (Å²) in [4.78, 5) is 4.03. The summed E-state index contributed by atoms with van der Waals surface area (Å²) in [7, 11) is 0. The van der Waals surface area contributed by atoms with Crippen LogP contribution in [-0.2, 0) is 0 Å². The fourth-order valence-electron chi connectivity index (χ4n) is 1.94. The summed E-state index contributed by atoms with van der Waals surface area (Å²) >= 11 is 0. The first-order chi connectivity index (χ1) is 10.1. The second-order valence-corrected chi connectivity index (χ2v) is 4.76. The highest BCUT2D eigenvalue weighted by molar-refractivity contribution is 5.92. The minimum atomic E-state index is -1.02. The van der Waals surface area contributed by atoms with Crippen molar-refractivity contribution in [3.63, 3.8) is 0 Å². The van der Waals surface area contributed by atoms with Gasteiger partial charge in [-0.1, -0.05) is 30.3 Å². The van der Waals surface area contributed by atoms with Crippen LogP contribution in [0.2, 0.25) is 0 Å². The second kappa shape index (κ2) is 6.85. The number of nitrogens with zero attached hydrogens (tertiary/aromatic N) is 1. The summed E-state index contributed by atoms with van der Waals surface area (Å²) in [6, 6.07) is 13.7. The van der Waals surface area contributed by atoms with Crippen LogP contribution < -0.4 is 11.1 Å². The highest BCUT2D eigenvalue weighted by Gasteiger charge is 2.11. The zero-order valence-electron chi connectivity index (χ0n) is 11.8. The minimum absolute atomic E-state index is 0.00835. The van der Waals surface area contributed by atoms with Crippen molar-refractivity contribution in [2.24, 2.45) is 10.7 Å². The van der Waals surface area contributed by atoms with Crippen LogP contribution in [0.4, 0.5) is 10.1 Å². The van der Waals surface area contributed by atoms with Gasteiger partial charge in [0, 0.05) is 11.3 Å². The van der Waals surface area contributed by atoms with Crippen LogP contribution in [0.15, 0.2) is 53.5 Å². The number of aryl methyl sites for hydroxylation is 1. The van der Waals surface area contributed by atoms with Crippen molar-refractivity contribution in [3.8, 4) is 0 Å². The van der Waals surface area contributed by atoms with Crippen molar-refractivity contribution in [1.29, 1.82) is 0 Å². The first kappa shape index (κ1) is 15.0. The van der Waals surface area contributed by atoms with Crippen molar-refractivity contribution in [2.75, 3.05) is 11.9 Å². The molecule has 2 aromatic carbocycles. The van der Waals surface area contributed by atoms with Gasteiger partial charge in [0.25, 0.3) is 0 Å². The lowest BCUT2D eigenvalue weighted by Gasteiger charge is -2.11. The van der Waals surface area contributed by atoms with Crippen LogP contribution in [-0.4, -0.2) is 17.6 Å². The Morgan fingerprint density at radius 1 is 1.29 bits per heavy atom. The van der Waals surface area contributed by atoms with E-state index in [4.69, 9.17) is 5.73 Å². The Hall–Kier alpha value is -2.40. The molecule has 2 aromatic rings. The Bertz CT molecular complexity index is 643. The molecule has 1 unspecified atom stereocenters. The van der Waals surface area contributed by atoms with E-state index in [2.05, 4.69) is 10.3 Å². The normalized spacial score (nSPS) is 13.0. The van der Waals surface area contributed by atoms with Gasteiger partial charge in [0.15, 0.2) is 5.96 Å². The topological polar surface area (TPSA) is 70.6 Å². The van der Waals surface area contributed by atoms with Crippen LogP contribution in [0.5, 0.6) is 0 Å². The van der Waals surface area contributed by atoms with E-state index in [0.717, 1.165) is 11.3 Å². The highest BCUT2D eigenvalue weighted by Crippen LogP contribution is 2.16. The van der Waals surface area contributed by atoms with E-state index in [1.54, 1.807) is 12.1 Å². The largest absolute Gasteiger partial charge is 0.386 e. The molecular weight excluding hydrogens is 269 g/mol. The first-order valence-electron chi connectivity index (χ1n) is 6.62. The number of nitrogens with one attached hydrogen (secondary N) is 1. The maximum absolute atomic E-state index is 13.5. The predicted molar refractivity (Wildman–Crippen MR) is 82.7 cm³/mol. The number of hydrogen-bond acceptors (Lipinski definition) is 2. The van der Waals surface area contributed by atoms with Crippen molar-refractivity contribution < 1.29 is 9.50 Å². The summed E-state index contributed by atoms with van der Waals surface area (Å²) in [6.45, 7) is 1.96. The average Bonchev–Trinajstić information content (AvgIpc) is 2.45. The fourth-order valence-corrected chi connectivity index (χ4v) is 1.94. The standard InChI is InChI=1S/C16H18FN3O/c1-11-5-4-6-12(9-11)20-16(18)19-10-15(21)13-7-2-3-8-14(13)17/h2-9,15,21H,10H2,1H3,(H3,18,19,20). The number of halogens is 1. The number of guanidine groups is 1. The lowest BCUT2D eigenvalue weighted by molar-refractivity contribution is 0.182. The van der Waals surface area contributed by atoms with Crippen LogP contribution in [0, 0.1) is 12.7 Å². The Morgan fingerprint density at radius 2 is 2.05 bits per heavy atom. The number of aliphatic imine (C=N–C) groups is 1. The number of rotatable bonds is 4. The molecule has 4 nitrogen and oxygen atoms in total. The lowest BCUT2D eigenvalue weighted by atomic mass is 10.1. The molecule has 4 N–H and O–H groups in total. The molecule has 0 aliphatic carbocycles. The molecule has 0 heterocycles. The number of anilines is 1. The molecule has 0 aliphatic rings. The summed E-state index contributed by atoms with van der Waals surface area (Å²) in [5.41, 5.74) is 7.88. The number of aliphatic hydroxyl groups excluding tert-OH is 1. The lowest BCUT2D eigenvalue weighted by Crippen LogP contribution is -2.23. The molecule has 5 heteroatoms. The summed E-state index contributed by atoms with van der Waals surface area (Å²) in [5.74, 6) is -0.276. The van der Waals surface area contributed by atoms with E-state index < -0.39 is 11.9 Å². The van der Waals surface area contributed by atoms with Gasteiger partial charge in [-0.05, 0) is 30.7 Å². The van der Waals surface area contributed by atoms with Crippen molar-refractivity contribution in [1.82, 2.24) is 0 Å². The Balaban J connectivity index is 1.99. The van der Waals surface area contributed by atoms with Gasteiger partial charge in [-0.25, -0.2) is 4.39 Å². The molecule has 21 heavy (non-hydrogen) atoms. The Labute approximate surface area is 123 Å². The fraction of sp³-hybridized carbons (Fsp3) is 0.188. The molecular formula is C16H18FN3O. The zero-order chi connectivity index (χ0) is 15.2. The predicted octanol–water partition coefficient (Wildman–Crippen LogP) is 2.59. The third-order valence-electron chi connectivity index (χ3n) is 2.99. The van der Waals surface area contributed by atoms with Crippen LogP contribution >= 0.6 is 0 Å². The molecule has 0 saturated carbocycles. The molecule has 0 bridgehead atoms. The summed E-state index contributed by atoms with van der Waals surface area (Å²) in [6.07, 6.45) is -1.02. The number of aliphatic hydroxyl groups is 1. The molecule has 2 rings (SSSR count). The van der Waals surface area contributed by atoms with E-state index >= 15 is 0 Å². The van der Waals surface area contributed by atoms with E-state index in [-0.39, 0.29) is 18.1 Å². The Morgan fingerprint density at radius 3 is 2.76 bits per heavy atom. The molecule has 0 radical (unpaired) electrons. The number of benzene rings is 2. The second-order valence-electron chi connectivity index (χ2n) is 4.76. The average molecular weight is 287 g/mol. The minimum Gasteiger partial charge on any atom is -0.386 e. The Kier molecular flexibility index (Phi) is 4.90. The van der Waals surface area contributed by atoms with Crippen LogP contribution in [0.1, 0.15) is 17.2 Å². The smallest absolute Gasteiger partial charge is 0.193 e. The molecule has 0 amide bonds. The van der Waals surface area contributed by atoms with Gasteiger partial charge < -0.3 is 16.2 Å². The van der Waals surface area contributed by atoms with E-state index in [1.165, 1.54) is 12.1 Å². The van der Waals surface area contributed by atoms with Crippen molar-refractivity contribution in [3.05, 3.63) is 65.5 Å². The molecule has 0 saturated heterocycles. The van der Waals surface area contributed by atoms with Gasteiger partial charge >= 0.3 is 0 Å². The molecule has 0 aromatic heterocycles. The van der Waals surface area contributed by atoms with Gasteiger partial charge in [-0.3, -0.25) is 4.99 Å². The zero-order valence-corrected chi connectivity index (χ0v) is 11.8. The maximum atomic E-state index is 13.5. The van der Waals surface area contributed by atoms with Crippen molar-refractivity contribution in [2.45, 2.75) is 13.0 Å². The van der Waals surface area contributed by atoms with Gasteiger partial charge in [0.2, 0.25) is 0 Å².